The normalized spacial score (nSPS) is 15.3. The number of allylic oxidation sites excluding steroid dienone is 1. The van der Waals surface area contributed by atoms with Crippen LogP contribution < -0.4 is 5.32 Å². The Balaban J connectivity index is 4.59. The zero-order chi connectivity index (χ0) is 30.1. The van der Waals surface area contributed by atoms with E-state index >= 15 is 0 Å². The maximum Gasteiger partial charge on any atom is 0.472 e. The average molecular weight is 592 g/mol. The Morgan fingerprint density at radius 3 is 1.85 bits per heavy atom. The molecule has 3 N–H and O–H groups in total. The van der Waals surface area contributed by atoms with Gasteiger partial charge in [-0.1, -0.05) is 116 Å². The Labute approximate surface area is 246 Å². The molecule has 0 saturated carbocycles. The van der Waals surface area contributed by atoms with Gasteiger partial charge in [-0.05, 0) is 19.3 Å². The molecular weight excluding hydrogens is 527 g/mol. The molecule has 0 bridgehead atoms. The number of unbranched alkanes of at least 4 members (excludes halogenated alkanes) is 15. The first kappa shape index (κ1) is 39.2. The van der Waals surface area contributed by atoms with Crippen LogP contribution in [0.4, 0.5) is 0 Å². The number of nitrogens with zero attached hydrogens (tertiary/aromatic N) is 1. The molecular formula is C31H64N2O6P+. The van der Waals surface area contributed by atoms with Crippen LogP contribution in [0.3, 0.4) is 0 Å². The van der Waals surface area contributed by atoms with Crippen molar-refractivity contribution in [2.45, 2.75) is 142 Å². The number of quaternary nitrogens is 1. The Morgan fingerprint density at radius 1 is 0.825 bits per heavy atom. The van der Waals surface area contributed by atoms with Gasteiger partial charge in [0.2, 0.25) is 5.91 Å². The summed E-state index contributed by atoms with van der Waals surface area (Å²) >= 11 is 0. The fourth-order valence-electron chi connectivity index (χ4n) is 4.33. The highest BCUT2D eigenvalue weighted by Gasteiger charge is 2.27. The summed E-state index contributed by atoms with van der Waals surface area (Å²) in [7, 11) is 1.57. The summed E-state index contributed by atoms with van der Waals surface area (Å²) in [4.78, 5) is 22.7. The van der Waals surface area contributed by atoms with Crippen molar-refractivity contribution in [2.24, 2.45) is 0 Å². The van der Waals surface area contributed by atoms with Crippen molar-refractivity contribution < 1.29 is 32.9 Å². The molecule has 0 aromatic heterocycles. The lowest BCUT2D eigenvalue weighted by Crippen LogP contribution is -2.45. The van der Waals surface area contributed by atoms with E-state index < -0.39 is 20.0 Å². The highest BCUT2D eigenvalue weighted by atomic mass is 31.2. The van der Waals surface area contributed by atoms with Gasteiger partial charge in [0, 0.05) is 6.42 Å². The highest BCUT2D eigenvalue weighted by Crippen LogP contribution is 2.43. The number of amides is 1. The van der Waals surface area contributed by atoms with Gasteiger partial charge in [-0.2, -0.15) is 0 Å². The number of phosphoric acid groups is 1. The van der Waals surface area contributed by atoms with E-state index in [1.54, 1.807) is 6.08 Å². The molecule has 0 fully saturated rings. The van der Waals surface area contributed by atoms with Crippen molar-refractivity contribution >= 4 is 13.7 Å². The molecule has 1 amide bonds. The first-order valence-electron chi connectivity index (χ1n) is 16.1. The van der Waals surface area contributed by atoms with Crippen LogP contribution >= 0.6 is 7.82 Å². The molecule has 0 spiro atoms. The number of likely N-dealkylation sites (N-methyl/N-ethyl adjacent to an activating group) is 1. The molecule has 238 valence electrons. The Bertz CT molecular complexity index is 683. The Hall–Kier alpha value is -0.760. The van der Waals surface area contributed by atoms with Gasteiger partial charge < -0.3 is 19.8 Å². The fourth-order valence-corrected chi connectivity index (χ4v) is 5.07. The summed E-state index contributed by atoms with van der Waals surface area (Å²) in [5.74, 6) is -0.185. The molecule has 8 nitrogen and oxygen atoms in total. The van der Waals surface area contributed by atoms with Gasteiger partial charge in [-0.15, -0.1) is 0 Å². The van der Waals surface area contributed by atoms with Gasteiger partial charge in [0.05, 0.1) is 39.9 Å². The molecule has 0 aromatic rings. The van der Waals surface area contributed by atoms with Crippen LogP contribution in [0.1, 0.15) is 129 Å². The van der Waals surface area contributed by atoms with Crippen LogP contribution in [-0.4, -0.2) is 73.4 Å². The smallest absolute Gasteiger partial charge is 0.387 e. The van der Waals surface area contributed by atoms with Crippen LogP contribution in [0.2, 0.25) is 0 Å². The summed E-state index contributed by atoms with van der Waals surface area (Å²) in [6, 6.07) is -0.834. The number of hydrogen-bond acceptors (Lipinski definition) is 5. The third-order valence-corrected chi connectivity index (χ3v) is 7.99. The monoisotopic (exact) mass is 591 g/mol. The zero-order valence-corrected chi connectivity index (χ0v) is 27.5. The molecule has 0 rings (SSSR count). The third-order valence-electron chi connectivity index (χ3n) is 7.01. The molecule has 0 aromatic carbocycles. The van der Waals surface area contributed by atoms with E-state index in [9.17, 15) is 19.4 Å². The number of carbonyl (C=O) groups excluding carboxylic acids is 1. The van der Waals surface area contributed by atoms with Crippen LogP contribution in [0.15, 0.2) is 12.2 Å². The first-order chi connectivity index (χ1) is 19.0. The topological polar surface area (TPSA) is 105 Å². The SMILES string of the molecule is CCCCCCC/C=C/C(O)C(COP(=O)(O)OCC[N+](C)(C)C)NC(=O)CCCCCCCCCCCCC. The molecule has 9 heteroatoms. The van der Waals surface area contributed by atoms with E-state index in [2.05, 4.69) is 19.2 Å². The lowest BCUT2D eigenvalue weighted by atomic mass is 10.0. The molecule has 0 heterocycles. The Kier molecular flexibility index (Phi) is 24.3. The minimum atomic E-state index is -4.31. The second kappa shape index (κ2) is 24.8. The van der Waals surface area contributed by atoms with Crippen molar-refractivity contribution in [3.8, 4) is 0 Å². The lowest BCUT2D eigenvalue weighted by Gasteiger charge is -2.25. The van der Waals surface area contributed by atoms with Gasteiger partial charge in [0.15, 0.2) is 0 Å². The number of aliphatic hydroxyl groups is 1. The van der Waals surface area contributed by atoms with E-state index in [0.29, 0.717) is 17.4 Å². The number of rotatable bonds is 28. The van der Waals surface area contributed by atoms with Crippen molar-refractivity contribution in [3.63, 3.8) is 0 Å². The van der Waals surface area contributed by atoms with Gasteiger partial charge in [-0.25, -0.2) is 4.57 Å². The molecule has 0 aliphatic heterocycles. The average Bonchev–Trinajstić information content (AvgIpc) is 2.88. The van der Waals surface area contributed by atoms with E-state index in [1.807, 2.05) is 27.2 Å². The van der Waals surface area contributed by atoms with Gasteiger partial charge >= 0.3 is 7.82 Å². The van der Waals surface area contributed by atoms with Crippen LogP contribution in [0.25, 0.3) is 0 Å². The molecule has 0 aliphatic carbocycles. The third kappa shape index (κ3) is 26.2. The maximum absolute atomic E-state index is 12.6. The number of phosphoric ester groups is 1. The molecule has 40 heavy (non-hydrogen) atoms. The minimum absolute atomic E-state index is 0.0631. The molecule has 3 unspecified atom stereocenters. The van der Waals surface area contributed by atoms with E-state index in [4.69, 9.17) is 9.05 Å². The van der Waals surface area contributed by atoms with Gasteiger partial charge in [-0.3, -0.25) is 13.8 Å². The van der Waals surface area contributed by atoms with E-state index in [1.165, 1.54) is 70.6 Å². The van der Waals surface area contributed by atoms with Crippen molar-refractivity contribution in [1.29, 1.82) is 0 Å². The molecule has 0 saturated heterocycles. The van der Waals surface area contributed by atoms with Crippen LogP contribution in [0.5, 0.6) is 0 Å². The summed E-state index contributed by atoms with van der Waals surface area (Å²) in [5, 5.41) is 13.6. The quantitative estimate of drug-likeness (QED) is 0.0382. The number of aliphatic hydroxyl groups excluding tert-OH is 1. The lowest BCUT2D eigenvalue weighted by molar-refractivity contribution is -0.870. The maximum atomic E-state index is 12.6. The predicted octanol–water partition coefficient (Wildman–Crippen LogP) is 7.29. The predicted molar refractivity (Wildman–Crippen MR) is 166 cm³/mol. The first-order valence-corrected chi connectivity index (χ1v) is 17.6. The van der Waals surface area contributed by atoms with Gasteiger partial charge in [0.1, 0.15) is 13.2 Å². The summed E-state index contributed by atoms with van der Waals surface area (Å²) in [6.07, 6.45) is 22.9. The van der Waals surface area contributed by atoms with Crippen LogP contribution in [0, 0.1) is 0 Å². The number of hydrogen-bond donors (Lipinski definition) is 3. The summed E-state index contributed by atoms with van der Waals surface area (Å²) in [5.41, 5.74) is 0. The van der Waals surface area contributed by atoms with Gasteiger partial charge in [0.25, 0.3) is 0 Å². The van der Waals surface area contributed by atoms with E-state index in [0.717, 1.165) is 38.5 Å². The van der Waals surface area contributed by atoms with Crippen LogP contribution in [-0.2, 0) is 18.4 Å². The largest absolute Gasteiger partial charge is 0.472 e. The summed E-state index contributed by atoms with van der Waals surface area (Å²) < 4.78 is 23.2. The van der Waals surface area contributed by atoms with Crippen molar-refractivity contribution in [1.82, 2.24) is 5.32 Å². The molecule has 3 atom stereocenters. The van der Waals surface area contributed by atoms with Crippen molar-refractivity contribution in [3.05, 3.63) is 12.2 Å². The van der Waals surface area contributed by atoms with Crippen molar-refractivity contribution in [2.75, 3.05) is 40.9 Å². The standard InChI is InChI=1S/C31H63N2O6P/c1-6-8-10-12-14-15-16-17-19-21-23-25-31(35)32-29(30(34)24-22-20-18-13-11-9-7-2)28-39-40(36,37)38-27-26-33(3,4)5/h22,24,29-30,34H,6-21,23,25-28H2,1-5H3,(H-,32,35,36,37)/p+1/b24-22+. The molecule has 0 radical (unpaired) electrons. The number of carbonyl (C=O) groups is 1. The highest BCUT2D eigenvalue weighted by molar-refractivity contribution is 7.47. The fraction of sp³-hybridized carbons (Fsp3) is 0.903. The Morgan fingerprint density at radius 2 is 1.32 bits per heavy atom. The zero-order valence-electron chi connectivity index (χ0n) is 26.6. The minimum Gasteiger partial charge on any atom is -0.387 e. The number of nitrogens with one attached hydrogen (secondary N) is 1. The second-order valence-corrected chi connectivity index (χ2v) is 13.6. The second-order valence-electron chi connectivity index (χ2n) is 12.2. The summed E-state index contributed by atoms with van der Waals surface area (Å²) in [6.45, 7) is 4.71. The van der Waals surface area contributed by atoms with E-state index in [-0.39, 0.29) is 19.1 Å². The molecule has 0 aliphatic rings.